The monoisotopic (exact) mass is 292 g/mol. The second kappa shape index (κ2) is 6.89. The summed E-state index contributed by atoms with van der Waals surface area (Å²) in [6, 6.07) is 2.13. The van der Waals surface area contributed by atoms with Crippen molar-refractivity contribution in [3.05, 3.63) is 11.6 Å². The standard InChI is InChI=1S/C14H20N4O3/c15-11-12-14(18-5-9-20-10-6-18)21-13(16-12)1-2-17-3-7-19-8-4-17/h1-10H2. The van der Waals surface area contributed by atoms with Crippen LogP contribution in [0.5, 0.6) is 0 Å². The predicted octanol–water partition coefficient (Wildman–Crippen LogP) is 0.258. The molecule has 2 aliphatic heterocycles. The number of aromatic nitrogens is 1. The van der Waals surface area contributed by atoms with E-state index < -0.39 is 0 Å². The van der Waals surface area contributed by atoms with Crippen LogP contribution in [0.4, 0.5) is 5.88 Å². The fourth-order valence-electron chi connectivity index (χ4n) is 2.59. The Balaban J connectivity index is 1.63. The van der Waals surface area contributed by atoms with Crippen molar-refractivity contribution in [1.82, 2.24) is 9.88 Å². The quantitative estimate of drug-likeness (QED) is 0.788. The molecule has 0 bridgehead atoms. The first-order valence-corrected chi connectivity index (χ1v) is 7.39. The second-order valence-corrected chi connectivity index (χ2v) is 5.18. The fraction of sp³-hybridized carbons (Fsp3) is 0.714. The molecule has 1 aromatic heterocycles. The maximum Gasteiger partial charge on any atom is 0.234 e. The maximum atomic E-state index is 9.22. The van der Waals surface area contributed by atoms with Crippen molar-refractivity contribution in [1.29, 1.82) is 5.26 Å². The number of morpholine rings is 2. The van der Waals surface area contributed by atoms with Gasteiger partial charge in [-0.2, -0.15) is 5.26 Å². The third kappa shape index (κ3) is 3.53. The van der Waals surface area contributed by atoms with Crippen LogP contribution in [-0.4, -0.2) is 69.0 Å². The third-order valence-corrected chi connectivity index (χ3v) is 3.80. The molecule has 0 aliphatic carbocycles. The van der Waals surface area contributed by atoms with E-state index in [4.69, 9.17) is 13.9 Å². The van der Waals surface area contributed by atoms with E-state index in [1.807, 2.05) is 4.90 Å². The molecule has 2 saturated heterocycles. The molecular weight excluding hydrogens is 272 g/mol. The van der Waals surface area contributed by atoms with Crippen LogP contribution in [0.2, 0.25) is 0 Å². The molecule has 0 saturated carbocycles. The number of hydrogen-bond donors (Lipinski definition) is 0. The average molecular weight is 292 g/mol. The van der Waals surface area contributed by atoms with Gasteiger partial charge in [0.2, 0.25) is 11.6 Å². The van der Waals surface area contributed by atoms with Crippen molar-refractivity contribution >= 4 is 5.88 Å². The number of nitriles is 1. The van der Waals surface area contributed by atoms with E-state index >= 15 is 0 Å². The van der Waals surface area contributed by atoms with Gasteiger partial charge in [0.1, 0.15) is 6.07 Å². The van der Waals surface area contributed by atoms with E-state index in [1.54, 1.807) is 0 Å². The zero-order chi connectivity index (χ0) is 14.5. The Hall–Kier alpha value is -1.62. The van der Waals surface area contributed by atoms with Gasteiger partial charge in [-0.05, 0) is 0 Å². The molecule has 0 N–H and O–H groups in total. The summed E-state index contributed by atoms with van der Waals surface area (Å²) in [5.74, 6) is 1.23. The molecule has 0 radical (unpaired) electrons. The van der Waals surface area contributed by atoms with Gasteiger partial charge in [-0.1, -0.05) is 0 Å². The molecule has 2 aliphatic rings. The van der Waals surface area contributed by atoms with Crippen LogP contribution in [-0.2, 0) is 15.9 Å². The minimum atomic E-state index is 0.383. The zero-order valence-corrected chi connectivity index (χ0v) is 12.1. The van der Waals surface area contributed by atoms with Gasteiger partial charge in [0.05, 0.1) is 26.4 Å². The maximum absolute atomic E-state index is 9.22. The van der Waals surface area contributed by atoms with Crippen molar-refractivity contribution in [2.45, 2.75) is 6.42 Å². The smallest absolute Gasteiger partial charge is 0.234 e. The molecule has 3 rings (SSSR count). The summed E-state index contributed by atoms with van der Waals surface area (Å²) in [6.07, 6.45) is 0.721. The van der Waals surface area contributed by atoms with Crippen LogP contribution in [0.3, 0.4) is 0 Å². The molecule has 0 amide bonds. The molecule has 2 fully saturated rings. The van der Waals surface area contributed by atoms with Crippen molar-refractivity contribution in [2.75, 3.05) is 64.1 Å². The van der Waals surface area contributed by atoms with Gasteiger partial charge in [-0.15, -0.1) is 0 Å². The lowest BCUT2D eigenvalue weighted by molar-refractivity contribution is 0.0377. The number of hydrogen-bond acceptors (Lipinski definition) is 7. The summed E-state index contributed by atoms with van der Waals surface area (Å²) in [5.41, 5.74) is 0.383. The van der Waals surface area contributed by atoms with Crippen LogP contribution in [0.15, 0.2) is 4.42 Å². The van der Waals surface area contributed by atoms with Crippen molar-refractivity contribution in [3.8, 4) is 6.07 Å². The predicted molar refractivity (Wildman–Crippen MR) is 75.2 cm³/mol. The van der Waals surface area contributed by atoms with E-state index in [0.717, 1.165) is 52.4 Å². The van der Waals surface area contributed by atoms with Crippen LogP contribution in [0.25, 0.3) is 0 Å². The molecular formula is C14H20N4O3. The first-order valence-electron chi connectivity index (χ1n) is 7.39. The fourth-order valence-corrected chi connectivity index (χ4v) is 2.59. The largest absolute Gasteiger partial charge is 0.424 e. The summed E-state index contributed by atoms with van der Waals surface area (Å²) in [7, 11) is 0. The molecule has 114 valence electrons. The van der Waals surface area contributed by atoms with E-state index in [9.17, 15) is 5.26 Å². The van der Waals surface area contributed by atoms with Crippen molar-refractivity contribution in [2.24, 2.45) is 0 Å². The molecule has 21 heavy (non-hydrogen) atoms. The molecule has 0 spiro atoms. The number of ether oxygens (including phenoxy) is 2. The van der Waals surface area contributed by atoms with Crippen LogP contribution >= 0.6 is 0 Å². The van der Waals surface area contributed by atoms with Crippen LogP contribution in [0, 0.1) is 11.3 Å². The highest BCUT2D eigenvalue weighted by Gasteiger charge is 2.22. The van der Waals surface area contributed by atoms with E-state index in [0.29, 0.717) is 30.7 Å². The summed E-state index contributed by atoms with van der Waals surface area (Å²) in [4.78, 5) is 8.68. The number of oxazole rings is 1. The Kier molecular flexibility index (Phi) is 4.70. The Morgan fingerprint density at radius 3 is 2.38 bits per heavy atom. The summed E-state index contributed by atoms with van der Waals surface area (Å²) in [5, 5.41) is 9.22. The molecule has 0 aromatic carbocycles. The Labute approximate surface area is 124 Å². The first kappa shape index (κ1) is 14.3. The van der Waals surface area contributed by atoms with Crippen molar-refractivity contribution in [3.63, 3.8) is 0 Å². The van der Waals surface area contributed by atoms with E-state index in [-0.39, 0.29) is 0 Å². The Morgan fingerprint density at radius 1 is 1.05 bits per heavy atom. The Bertz CT molecular complexity index is 499. The normalized spacial score (nSPS) is 20.4. The topological polar surface area (TPSA) is 74.8 Å². The SMILES string of the molecule is N#Cc1nc(CCN2CCOCC2)oc1N1CCOCC1. The lowest BCUT2D eigenvalue weighted by Gasteiger charge is -2.26. The number of rotatable bonds is 4. The van der Waals surface area contributed by atoms with Crippen molar-refractivity contribution < 1.29 is 13.9 Å². The highest BCUT2D eigenvalue weighted by Crippen LogP contribution is 2.23. The minimum Gasteiger partial charge on any atom is -0.424 e. The average Bonchev–Trinajstić information content (AvgIpc) is 2.98. The lowest BCUT2D eigenvalue weighted by atomic mass is 10.3. The molecule has 1 aromatic rings. The summed E-state index contributed by atoms with van der Waals surface area (Å²) < 4.78 is 16.5. The Morgan fingerprint density at radius 2 is 1.71 bits per heavy atom. The van der Waals surface area contributed by atoms with Crippen LogP contribution in [0.1, 0.15) is 11.6 Å². The number of anilines is 1. The summed E-state index contributed by atoms with van der Waals surface area (Å²) >= 11 is 0. The third-order valence-electron chi connectivity index (χ3n) is 3.80. The van der Waals surface area contributed by atoms with Gasteiger partial charge >= 0.3 is 0 Å². The highest BCUT2D eigenvalue weighted by atomic mass is 16.5. The van der Waals surface area contributed by atoms with Gasteiger partial charge in [0.25, 0.3) is 0 Å². The second-order valence-electron chi connectivity index (χ2n) is 5.18. The molecule has 0 unspecified atom stereocenters. The van der Waals surface area contributed by atoms with E-state index in [2.05, 4.69) is 16.0 Å². The van der Waals surface area contributed by atoms with Gasteiger partial charge < -0.3 is 18.8 Å². The highest BCUT2D eigenvalue weighted by molar-refractivity contribution is 5.48. The minimum absolute atomic E-state index is 0.383. The molecule has 7 heteroatoms. The van der Waals surface area contributed by atoms with E-state index in [1.165, 1.54) is 0 Å². The number of nitrogens with zero attached hydrogens (tertiary/aromatic N) is 4. The van der Waals surface area contributed by atoms with Crippen LogP contribution < -0.4 is 4.90 Å². The van der Waals surface area contributed by atoms with Gasteiger partial charge in [0.15, 0.2) is 5.89 Å². The molecule has 0 atom stereocenters. The lowest BCUT2D eigenvalue weighted by Crippen LogP contribution is -2.37. The van der Waals surface area contributed by atoms with Gasteiger partial charge in [0, 0.05) is 39.1 Å². The van der Waals surface area contributed by atoms with Gasteiger partial charge in [-0.3, -0.25) is 4.90 Å². The summed E-state index contributed by atoms with van der Waals surface area (Å²) in [6.45, 7) is 7.16. The first-order chi connectivity index (χ1) is 10.4. The molecule has 7 nitrogen and oxygen atoms in total. The van der Waals surface area contributed by atoms with Gasteiger partial charge in [-0.25, -0.2) is 4.98 Å². The molecule has 3 heterocycles. The zero-order valence-electron chi connectivity index (χ0n) is 12.1.